The molecule has 82 valence electrons. The van der Waals surface area contributed by atoms with E-state index in [1.807, 2.05) is 6.07 Å². The van der Waals surface area contributed by atoms with E-state index < -0.39 is 0 Å². The lowest BCUT2D eigenvalue weighted by Crippen LogP contribution is -2.14. The van der Waals surface area contributed by atoms with Crippen molar-refractivity contribution < 1.29 is 4.74 Å². The molecule has 1 aromatic rings. The van der Waals surface area contributed by atoms with Crippen LogP contribution in [0.3, 0.4) is 0 Å². The van der Waals surface area contributed by atoms with E-state index >= 15 is 0 Å². The van der Waals surface area contributed by atoms with E-state index in [-0.39, 0.29) is 11.5 Å². The monoisotopic (exact) mass is 269 g/mol. The van der Waals surface area contributed by atoms with Crippen LogP contribution in [0.2, 0.25) is 0 Å². The Labute approximate surface area is 98.9 Å². The van der Waals surface area contributed by atoms with Crippen molar-refractivity contribution >= 4 is 15.9 Å². The van der Waals surface area contributed by atoms with E-state index in [0.717, 1.165) is 16.6 Å². The third-order valence-electron chi connectivity index (χ3n) is 3.14. The first kappa shape index (κ1) is 11.0. The first-order valence-electron chi connectivity index (χ1n) is 5.09. The molecule has 0 radical (unpaired) electrons. The molecule has 2 N–H and O–H groups in total. The maximum atomic E-state index is 6.14. The predicted octanol–water partition coefficient (Wildman–Crippen LogP) is 3.14. The number of rotatable bonds is 1. The second kappa shape index (κ2) is 3.49. The number of benzene rings is 1. The van der Waals surface area contributed by atoms with Gasteiger partial charge in [0.25, 0.3) is 0 Å². The summed E-state index contributed by atoms with van der Waals surface area (Å²) in [5.74, 6) is 0.869. The standard InChI is InChI=1S/C12H16BrNO/c1-12(2)6-10(14)8-4-7(15-3)5-9(13)11(8)12/h4-5,10H,6,14H2,1-3H3. The molecule has 1 atom stereocenters. The number of hydrogen-bond acceptors (Lipinski definition) is 2. The average molecular weight is 270 g/mol. The first-order valence-corrected chi connectivity index (χ1v) is 5.88. The van der Waals surface area contributed by atoms with Gasteiger partial charge in [-0.2, -0.15) is 0 Å². The molecular weight excluding hydrogens is 254 g/mol. The van der Waals surface area contributed by atoms with Gasteiger partial charge in [-0.25, -0.2) is 0 Å². The Balaban J connectivity index is 2.63. The summed E-state index contributed by atoms with van der Waals surface area (Å²) in [6.07, 6.45) is 0.994. The number of hydrogen-bond donors (Lipinski definition) is 1. The molecule has 0 aromatic heterocycles. The van der Waals surface area contributed by atoms with Crippen molar-refractivity contribution in [3.8, 4) is 5.75 Å². The van der Waals surface area contributed by atoms with Gasteiger partial charge in [-0.3, -0.25) is 0 Å². The van der Waals surface area contributed by atoms with Gasteiger partial charge in [-0.15, -0.1) is 0 Å². The van der Waals surface area contributed by atoms with Crippen molar-refractivity contribution in [3.63, 3.8) is 0 Å². The van der Waals surface area contributed by atoms with E-state index in [1.54, 1.807) is 7.11 Å². The molecule has 3 heteroatoms. The highest BCUT2D eigenvalue weighted by atomic mass is 79.9. The van der Waals surface area contributed by atoms with Crippen molar-refractivity contribution in [2.75, 3.05) is 7.11 Å². The summed E-state index contributed by atoms with van der Waals surface area (Å²) in [7, 11) is 1.68. The molecule has 0 spiro atoms. The lowest BCUT2D eigenvalue weighted by atomic mass is 9.86. The summed E-state index contributed by atoms with van der Waals surface area (Å²) in [5, 5.41) is 0. The molecule has 1 aliphatic carbocycles. The predicted molar refractivity (Wildman–Crippen MR) is 65.3 cm³/mol. The summed E-state index contributed by atoms with van der Waals surface area (Å²) in [6.45, 7) is 4.46. The SMILES string of the molecule is COc1cc(Br)c2c(c1)C(N)CC2(C)C. The Morgan fingerprint density at radius 3 is 2.73 bits per heavy atom. The van der Waals surface area contributed by atoms with E-state index in [1.165, 1.54) is 11.1 Å². The molecule has 0 amide bonds. The summed E-state index contributed by atoms with van der Waals surface area (Å²) < 4.78 is 6.36. The highest BCUT2D eigenvalue weighted by molar-refractivity contribution is 9.10. The molecule has 0 aliphatic heterocycles. The van der Waals surface area contributed by atoms with Crippen LogP contribution in [0.5, 0.6) is 5.75 Å². The lowest BCUT2D eigenvalue weighted by Gasteiger charge is -2.20. The Bertz CT molecular complexity index is 401. The molecule has 1 unspecified atom stereocenters. The molecule has 0 fully saturated rings. The molecule has 0 saturated heterocycles. The summed E-state index contributed by atoms with van der Waals surface area (Å²) in [6, 6.07) is 4.19. The maximum absolute atomic E-state index is 6.14. The summed E-state index contributed by atoms with van der Waals surface area (Å²) in [5.41, 5.74) is 8.83. The summed E-state index contributed by atoms with van der Waals surface area (Å²) in [4.78, 5) is 0. The van der Waals surface area contributed by atoms with Gasteiger partial charge >= 0.3 is 0 Å². The highest BCUT2D eigenvalue weighted by Crippen LogP contribution is 2.48. The molecule has 0 bridgehead atoms. The Hall–Kier alpha value is -0.540. The van der Waals surface area contributed by atoms with Crippen molar-refractivity contribution in [2.24, 2.45) is 5.73 Å². The van der Waals surface area contributed by atoms with Gasteiger partial charge in [0.1, 0.15) is 5.75 Å². The third kappa shape index (κ3) is 1.68. The van der Waals surface area contributed by atoms with E-state index in [4.69, 9.17) is 10.5 Å². The zero-order chi connectivity index (χ0) is 11.2. The van der Waals surface area contributed by atoms with Gasteiger partial charge in [0.2, 0.25) is 0 Å². The number of halogens is 1. The second-order valence-electron chi connectivity index (χ2n) is 4.77. The van der Waals surface area contributed by atoms with Crippen molar-refractivity contribution in [1.82, 2.24) is 0 Å². The minimum absolute atomic E-state index is 0.126. The van der Waals surface area contributed by atoms with Crippen LogP contribution in [0.15, 0.2) is 16.6 Å². The van der Waals surface area contributed by atoms with Gasteiger partial charge in [-0.05, 0) is 35.1 Å². The van der Waals surface area contributed by atoms with E-state index in [2.05, 4.69) is 35.8 Å². The molecule has 0 saturated carbocycles. The van der Waals surface area contributed by atoms with Crippen LogP contribution in [-0.2, 0) is 5.41 Å². The first-order chi connectivity index (χ1) is 6.95. The van der Waals surface area contributed by atoms with Crippen LogP contribution in [-0.4, -0.2) is 7.11 Å². The van der Waals surface area contributed by atoms with Crippen LogP contribution < -0.4 is 10.5 Å². The fourth-order valence-corrected chi connectivity index (χ4v) is 3.48. The van der Waals surface area contributed by atoms with Crippen LogP contribution in [0, 0.1) is 0 Å². The zero-order valence-corrected chi connectivity index (χ0v) is 10.9. The highest BCUT2D eigenvalue weighted by Gasteiger charge is 2.37. The Kier molecular flexibility index (Phi) is 2.55. The van der Waals surface area contributed by atoms with Gasteiger partial charge in [0, 0.05) is 10.5 Å². The van der Waals surface area contributed by atoms with Crippen LogP contribution >= 0.6 is 15.9 Å². The molecule has 1 aromatic carbocycles. The maximum Gasteiger partial charge on any atom is 0.120 e. The number of ether oxygens (including phenoxy) is 1. The molecule has 2 nitrogen and oxygen atoms in total. The topological polar surface area (TPSA) is 35.2 Å². The van der Waals surface area contributed by atoms with Gasteiger partial charge in [0.15, 0.2) is 0 Å². The van der Waals surface area contributed by atoms with Gasteiger partial charge < -0.3 is 10.5 Å². The number of fused-ring (bicyclic) bond motifs is 1. The second-order valence-corrected chi connectivity index (χ2v) is 5.62. The van der Waals surface area contributed by atoms with Crippen LogP contribution in [0.1, 0.15) is 37.4 Å². The van der Waals surface area contributed by atoms with E-state index in [0.29, 0.717) is 0 Å². The van der Waals surface area contributed by atoms with Crippen molar-refractivity contribution in [2.45, 2.75) is 31.7 Å². The van der Waals surface area contributed by atoms with Crippen molar-refractivity contribution in [3.05, 3.63) is 27.7 Å². The summed E-state index contributed by atoms with van der Waals surface area (Å²) >= 11 is 3.61. The van der Waals surface area contributed by atoms with Crippen molar-refractivity contribution in [1.29, 1.82) is 0 Å². The molecule has 2 rings (SSSR count). The largest absolute Gasteiger partial charge is 0.497 e. The molecule has 15 heavy (non-hydrogen) atoms. The normalized spacial score (nSPS) is 22.6. The number of methoxy groups -OCH3 is 1. The Morgan fingerprint density at radius 2 is 2.13 bits per heavy atom. The average Bonchev–Trinajstić information content (AvgIpc) is 2.37. The zero-order valence-electron chi connectivity index (χ0n) is 9.30. The fourth-order valence-electron chi connectivity index (χ4n) is 2.49. The van der Waals surface area contributed by atoms with Gasteiger partial charge in [-0.1, -0.05) is 29.8 Å². The minimum Gasteiger partial charge on any atom is -0.497 e. The van der Waals surface area contributed by atoms with E-state index in [9.17, 15) is 0 Å². The fraction of sp³-hybridized carbons (Fsp3) is 0.500. The Morgan fingerprint density at radius 1 is 1.47 bits per heavy atom. The molecule has 1 aliphatic rings. The number of nitrogens with two attached hydrogens (primary N) is 1. The van der Waals surface area contributed by atoms with Gasteiger partial charge in [0.05, 0.1) is 7.11 Å². The lowest BCUT2D eigenvalue weighted by molar-refractivity contribution is 0.413. The quantitative estimate of drug-likeness (QED) is 0.850. The smallest absolute Gasteiger partial charge is 0.120 e. The molecular formula is C12H16BrNO. The molecule has 0 heterocycles. The van der Waals surface area contributed by atoms with Crippen LogP contribution in [0.25, 0.3) is 0 Å². The van der Waals surface area contributed by atoms with Crippen LogP contribution in [0.4, 0.5) is 0 Å². The minimum atomic E-state index is 0.126. The third-order valence-corrected chi connectivity index (χ3v) is 3.76.